The number of nitrogens with one attached hydrogen (secondary N) is 1. The van der Waals surface area contributed by atoms with Crippen LogP contribution in [-0.2, 0) is 21.4 Å². The van der Waals surface area contributed by atoms with Gasteiger partial charge in [0.05, 0.1) is 17.7 Å². The average Bonchev–Trinajstić information content (AvgIpc) is 3.34. The van der Waals surface area contributed by atoms with E-state index in [1.165, 1.54) is 19.2 Å². The Morgan fingerprint density at radius 1 is 1.14 bits per heavy atom. The van der Waals surface area contributed by atoms with Crippen molar-refractivity contribution < 1.29 is 27.4 Å². The van der Waals surface area contributed by atoms with Crippen LogP contribution >= 0.6 is 0 Å². The third kappa shape index (κ3) is 3.50. The van der Waals surface area contributed by atoms with Crippen LogP contribution in [0.1, 0.15) is 18.4 Å². The lowest BCUT2D eigenvalue weighted by molar-refractivity contribution is -0.117. The van der Waals surface area contributed by atoms with Gasteiger partial charge < -0.3 is 19.1 Å². The second kappa shape index (κ2) is 7.33. The quantitative estimate of drug-likeness (QED) is 0.792. The number of rotatable bonds is 6. The Labute approximate surface area is 163 Å². The molecule has 4 rings (SSSR count). The maximum absolute atomic E-state index is 12.8. The van der Waals surface area contributed by atoms with Gasteiger partial charge in [0.15, 0.2) is 11.5 Å². The molecule has 0 saturated carbocycles. The maximum Gasteiger partial charge on any atom is 0.240 e. The lowest BCUT2D eigenvalue weighted by Crippen LogP contribution is -2.26. The molecule has 0 aliphatic carbocycles. The summed E-state index contributed by atoms with van der Waals surface area (Å²) in [5, 5.41) is 0. The number of ether oxygens (including phenoxy) is 3. The number of nitrogens with zero attached hydrogens (tertiary/aromatic N) is 1. The molecule has 9 heteroatoms. The topological polar surface area (TPSA) is 94.2 Å². The van der Waals surface area contributed by atoms with E-state index < -0.39 is 10.0 Å². The van der Waals surface area contributed by atoms with E-state index in [0.29, 0.717) is 35.9 Å². The Bertz CT molecular complexity index is 1020. The van der Waals surface area contributed by atoms with Gasteiger partial charge >= 0.3 is 0 Å². The molecule has 0 unspecified atom stereocenters. The van der Waals surface area contributed by atoms with Crippen molar-refractivity contribution in [2.75, 3.05) is 25.3 Å². The normalized spacial score (nSPS) is 15.9. The number of fused-ring (bicyclic) bond motifs is 1. The van der Waals surface area contributed by atoms with Gasteiger partial charge in [0.25, 0.3) is 0 Å². The third-order valence-corrected chi connectivity index (χ3v) is 6.13. The summed E-state index contributed by atoms with van der Waals surface area (Å²) in [5.74, 6) is 1.66. The highest BCUT2D eigenvalue weighted by Crippen LogP contribution is 2.34. The van der Waals surface area contributed by atoms with Crippen molar-refractivity contribution in [2.45, 2.75) is 24.3 Å². The Balaban J connectivity index is 1.56. The van der Waals surface area contributed by atoms with E-state index in [0.717, 1.165) is 12.0 Å². The van der Waals surface area contributed by atoms with Gasteiger partial charge in [0.1, 0.15) is 5.75 Å². The van der Waals surface area contributed by atoms with E-state index in [2.05, 4.69) is 4.72 Å². The van der Waals surface area contributed by atoms with Crippen molar-refractivity contribution in [2.24, 2.45) is 0 Å². The van der Waals surface area contributed by atoms with Gasteiger partial charge in [-0.2, -0.15) is 0 Å². The average molecular weight is 404 g/mol. The lowest BCUT2D eigenvalue weighted by atomic mass is 10.2. The molecule has 2 heterocycles. The smallest absolute Gasteiger partial charge is 0.240 e. The molecule has 0 spiro atoms. The van der Waals surface area contributed by atoms with Crippen LogP contribution < -0.4 is 23.8 Å². The molecule has 8 nitrogen and oxygen atoms in total. The van der Waals surface area contributed by atoms with Crippen molar-refractivity contribution in [3.05, 3.63) is 42.0 Å². The number of carbonyl (C=O) groups is 1. The van der Waals surface area contributed by atoms with Gasteiger partial charge in [-0.1, -0.05) is 6.07 Å². The number of amides is 1. The van der Waals surface area contributed by atoms with Crippen molar-refractivity contribution in [1.82, 2.24) is 4.72 Å². The summed E-state index contributed by atoms with van der Waals surface area (Å²) in [7, 11) is -2.29. The van der Waals surface area contributed by atoms with Crippen molar-refractivity contribution in [3.63, 3.8) is 0 Å². The maximum atomic E-state index is 12.8. The molecule has 0 atom stereocenters. The van der Waals surface area contributed by atoms with Crippen molar-refractivity contribution >= 4 is 21.6 Å². The van der Waals surface area contributed by atoms with Crippen LogP contribution in [0.15, 0.2) is 41.3 Å². The summed E-state index contributed by atoms with van der Waals surface area (Å²) in [6.45, 7) is 0.806. The van der Waals surface area contributed by atoms with Crippen molar-refractivity contribution in [3.8, 4) is 17.2 Å². The Morgan fingerprint density at radius 2 is 1.96 bits per heavy atom. The molecule has 0 radical (unpaired) electrons. The highest BCUT2D eigenvalue weighted by atomic mass is 32.2. The first kappa shape index (κ1) is 18.6. The van der Waals surface area contributed by atoms with E-state index in [1.54, 1.807) is 29.2 Å². The first-order chi connectivity index (χ1) is 13.5. The van der Waals surface area contributed by atoms with Crippen LogP contribution in [-0.4, -0.2) is 34.8 Å². The van der Waals surface area contributed by atoms with Crippen LogP contribution in [0.2, 0.25) is 0 Å². The van der Waals surface area contributed by atoms with E-state index >= 15 is 0 Å². The van der Waals surface area contributed by atoms with Crippen LogP contribution in [0.3, 0.4) is 0 Å². The molecular formula is C19H20N2O6S. The molecule has 0 bridgehead atoms. The zero-order valence-electron chi connectivity index (χ0n) is 15.3. The molecule has 2 aliphatic rings. The standard InChI is InChI=1S/C19H20N2O6S/c1-25-16-7-5-14(10-15(16)21-8-2-3-19(21)22)28(23,24)20-11-13-4-6-17-18(9-13)27-12-26-17/h4-7,9-10,20H,2-3,8,11-12H2,1H3. The number of carbonyl (C=O) groups excluding carboxylic acids is 1. The molecule has 2 aromatic rings. The van der Waals surface area contributed by atoms with Gasteiger partial charge in [0, 0.05) is 19.5 Å². The Morgan fingerprint density at radius 3 is 2.71 bits per heavy atom. The highest BCUT2D eigenvalue weighted by molar-refractivity contribution is 7.89. The largest absolute Gasteiger partial charge is 0.495 e. The first-order valence-electron chi connectivity index (χ1n) is 8.84. The third-order valence-electron chi connectivity index (χ3n) is 4.73. The minimum atomic E-state index is -3.78. The molecule has 2 aromatic carbocycles. The molecule has 1 N–H and O–H groups in total. The predicted octanol–water partition coefficient (Wildman–Crippen LogP) is 2.03. The van der Waals surface area contributed by atoms with Crippen molar-refractivity contribution in [1.29, 1.82) is 0 Å². The minimum absolute atomic E-state index is 0.0406. The second-order valence-electron chi connectivity index (χ2n) is 6.49. The van der Waals surface area contributed by atoms with Crippen LogP contribution in [0.25, 0.3) is 0 Å². The number of hydrogen-bond donors (Lipinski definition) is 1. The lowest BCUT2D eigenvalue weighted by Gasteiger charge is -2.20. The summed E-state index contributed by atoms with van der Waals surface area (Å²) < 4.78 is 44.0. The fraction of sp³-hybridized carbons (Fsp3) is 0.316. The van der Waals surface area contributed by atoms with Gasteiger partial charge in [-0.3, -0.25) is 4.79 Å². The van der Waals surface area contributed by atoms with Crippen LogP contribution in [0.4, 0.5) is 5.69 Å². The minimum Gasteiger partial charge on any atom is -0.495 e. The van der Waals surface area contributed by atoms with Gasteiger partial charge in [-0.15, -0.1) is 0 Å². The molecule has 1 saturated heterocycles. The fourth-order valence-electron chi connectivity index (χ4n) is 3.26. The van der Waals surface area contributed by atoms with E-state index in [-0.39, 0.29) is 24.1 Å². The van der Waals surface area contributed by atoms with Gasteiger partial charge in [0.2, 0.25) is 22.7 Å². The molecule has 1 amide bonds. The van der Waals surface area contributed by atoms with E-state index in [9.17, 15) is 13.2 Å². The predicted molar refractivity (Wildman–Crippen MR) is 101 cm³/mol. The molecular weight excluding hydrogens is 384 g/mol. The molecule has 0 aromatic heterocycles. The zero-order valence-corrected chi connectivity index (χ0v) is 16.1. The van der Waals surface area contributed by atoms with Crippen LogP contribution in [0.5, 0.6) is 17.2 Å². The molecule has 1 fully saturated rings. The Hall–Kier alpha value is -2.78. The number of anilines is 1. The summed E-state index contributed by atoms with van der Waals surface area (Å²) >= 11 is 0. The van der Waals surface area contributed by atoms with E-state index in [1.807, 2.05) is 0 Å². The SMILES string of the molecule is COc1ccc(S(=O)(=O)NCc2ccc3c(c2)OCO3)cc1N1CCCC1=O. The fourth-order valence-corrected chi connectivity index (χ4v) is 4.30. The number of benzene rings is 2. The second-order valence-corrected chi connectivity index (χ2v) is 8.26. The molecule has 2 aliphatic heterocycles. The highest BCUT2D eigenvalue weighted by Gasteiger charge is 2.26. The Kier molecular flexibility index (Phi) is 4.86. The molecule has 28 heavy (non-hydrogen) atoms. The summed E-state index contributed by atoms with van der Waals surface area (Å²) in [6.07, 6.45) is 1.18. The van der Waals surface area contributed by atoms with Gasteiger partial charge in [-0.05, 0) is 42.3 Å². The number of hydrogen-bond acceptors (Lipinski definition) is 6. The molecule has 148 valence electrons. The monoisotopic (exact) mass is 404 g/mol. The summed E-state index contributed by atoms with van der Waals surface area (Å²) in [4.78, 5) is 13.7. The van der Waals surface area contributed by atoms with Gasteiger partial charge in [-0.25, -0.2) is 13.1 Å². The zero-order chi connectivity index (χ0) is 19.7. The summed E-state index contributed by atoms with van der Waals surface area (Å²) in [5.41, 5.74) is 1.22. The first-order valence-corrected chi connectivity index (χ1v) is 10.3. The number of methoxy groups -OCH3 is 1. The van der Waals surface area contributed by atoms with Crippen LogP contribution in [0, 0.1) is 0 Å². The summed E-state index contributed by atoms with van der Waals surface area (Å²) in [6, 6.07) is 9.77. The number of sulfonamides is 1. The van der Waals surface area contributed by atoms with E-state index in [4.69, 9.17) is 14.2 Å².